The molecule has 0 aliphatic carbocycles. The predicted octanol–water partition coefficient (Wildman–Crippen LogP) is -5.37. The quantitative estimate of drug-likeness (QED) is 0.202. The van der Waals surface area contributed by atoms with Crippen LogP contribution in [-0.2, 0) is 14.3 Å². The van der Waals surface area contributed by atoms with Gasteiger partial charge in [-0.05, 0) is 0 Å². The molecule has 2 fully saturated rings. The Morgan fingerprint density at radius 3 is 1.88 bits per heavy atom. The number of fused-ring (bicyclic) bond motifs is 1. The number of carbonyl (C=O) groups excluding carboxylic acids is 1. The summed E-state index contributed by atoms with van der Waals surface area (Å²) in [6, 6.07) is 0. The summed E-state index contributed by atoms with van der Waals surface area (Å²) in [6.07, 6.45) is -2.36. The van der Waals surface area contributed by atoms with Crippen LogP contribution in [0.1, 0.15) is 0 Å². The monoisotopic (exact) mass is 240 g/mol. The van der Waals surface area contributed by atoms with Gasteiger partial charge < -0.3 is 35.7 Å². The molecule has 92 valence electrons. The minimum Gasteiger partial charge on any atom is -0.372 e. The zero-order valence-corrected chi connectivity index (χ0v) is 7.43. The van der Waals surface area contributed by atoms with Crippen LogP contribution < -0.4 is 0 Å². The van der Waals surface area contributed by atoms with Gasteiger partial charge in [0.25, 0.3) is 11.6 Å². The average Bonchev–Trinajstić information content (AvgIpc) is 2.33. The Labute approximate surface area is 86.5 Å². The van der Waals surface area contributed by atoms with Crippen molar-refractivity contribution in [2.75, 3.05) is 0 Å². The lowest BCUT2D eigenvalue weighted by molar-refractivity contribution is -0.456. The predicted molar refractivity (Wildman–Crippen MR) is 37.4 cm³/mol. The van der Waals surface area contributed by atoms with Gasteiger partial charge in [-0.15, -0.1) is 0 Å². The van der Waals surface area contributed by atoms with E-state index in [-0.39, 0.29) is 0 Å². The lowest BCUT2D eigenvalue weighted by atomic mass is 9.89. The van der Waals surface area contributed by atoms with E-state index in [1.807, 2.05) is 0 Å². The molecule has 0 spiro atoms. The molecule has 0 bridgehead atoms. The highest BCUT2D eigenvalue weighted by Crippen LogP contribution is 2.49. The van der Waals surface area contributed by atoms with Crippen LogP contribution in [0.4, 0.5) is 0 Å². The Morgan fingerprint density at radius 2 is 1.44 bits per heavy atom. The van der Waals surface area contributed by atoms with E-state index in [4.69, 9.17) is 20.4 Å². The molecule has 10 heteroatoms. The van der Waals surface area contributed by atoms with Crippen molar-refractivity contribution in [3.05, 3.63) is 0 Å². The molecular weight excluding hydrogens is 232 g/mol. The van der Waals surface area contributed by atoms with Crippen LogP contribution in [0, 0.1) is 0 Å². The van der Waals surface area contributed by atoms with Crippen LogP contribution in [0.3, 0.4) is 0 Å². The van der Waals surface area contributed by atoms with Gasteiger partial charge in [-0.25, -0.2) is 0 Å². The van der Waals surface area contributed by atoms with Crippen LogP contribution in [0.25, 0.3) is 0 Å². The molecular formula is C6H8O10. The third-order valence-electron chi connectivity index (χ3n) is 2.51. The Morgan fingerprint density at radius 1 is 0.938 bits per heavy atom. The molecule has 0 saturated carbocycles. The van der Waals surface area contributed by atoms with E-state index >= 15 is 0 Å². The number of hydrogen-bond donors (Lipinski definition) is 7. The van der Waals surface area contributed by atoms with Gasteiger partial charge in [0.15, 0.2) is 0 Å². The Bertz CT molecular complexity index is 358. The second-order valence-corrected chi connectivity index (χ2v) is 3.55. The molecule has 2 unspecified atom stereocenters. The van der Waals surface area contributed by atoms with Crippen LogP contribution in [0.5, 0.6) is 0 Å². The number of ether oxygens (including phenoxy) is 2. The molecule has 10 nitrogen and oxygen atoms in total. The molecule has 0 aromatic rings. The molecule has 0 aromatic heterocycles. The largest absolute Gasteiger partial charge is 0.372 e. The first-order valence-corrected chi connectivity index (χ1v) is 3.94. The summed E-state index contributed by atoms with van der Waals surface area (Å²) in [7, 11) is 0. The van der Waals surface area contributed by atoms with Gasteiger partial charge in [-0.1, -0.05) is 0 Å². The van der Waals surface area contributed by atoms with Crippen LogP contribution in [0.15, 0.2) is 0 Å². The standard InChI is InChI=1S/C6H8O10/c7-1-3(8)2(15-4(1,9)10)16-6(13,14)5(3,11)12/h2,8-14H. The lowest BCUT2D eigenvalue weighted by Crippen LogP contribution is -2.67. The third kappa shape index (κ3) is 0.982. The first-order valence-electron chi connectivity index (χ1n) is 3.94. The number of carbonyl (C=O) groups is 1. The highest BCUT2D eigenvalue weighted by molar-refractivity contribution is 5.95. The summed E-state index contributed by atoms with van der Waals surface area (Å²) in [5.74, 6) is -13.1. The zero-order valence-electron chi connectivity index (χ0n) is 7.43. The van der Waals surface area contributed by atoms with Gasteiger partial charge in [0.05, 0.1) is 0 Å². The molecule has 16 heavy (non-hydrogen) atoms. The number of aliphatic hydroxyl groups is 7. The first-order chi connectivity index (χ1) is 6.97. The summed E-state index contributed by atoms with van der Waals surface area (Å²) >= 11 is 0. The number of rotatable bonds is 0. The minimum atomic E-state index is -3.89. The normalized spacial score (nSPS) is 43.4. The number of hydrogen-bond acceptors (Lipinski definition) is 10. The Balaban J connectivity index is 2.55. The van der Waals surface area contributed by atoms with Gasteiger partial charge in [-0.3, -0.25) is 14.3 Å². The minimum absolute atomic E-state index is 2.00. The van der Waals surface area contributed by atoms with Crippen molar-refractivity contribution in [1.29, 1.82) is 0 Å². The summed E-state index contributed by atoms with van der Waals surface area (Å²) in [4.78, 5) is 11.2. The van der Waals surface area contributed by atoms with Crippen molar-refractivity contribution in [3.8, 4) is 0 Å². The van der Waals surface area contributed by atoms with E-state index in [0.29, 0.717) is 0 Å². The van der Waals surface area contributed by atoms with Crippen molar-refractivity contribution in [2.24, 2.45) is 0 Å². The molecule has 2 rings (SSSR count). The maximum Gasteiger partial charge on any atom is 0.347 e. The van der Waals surface area contributed by atoms with E-state index in [1.54, 1.807) is 0 Å². The van der Waals surface area contributed by atoms with Crippen molar-refractivity contribution < 1.29 is 50.0 Å². The van der Waals surface area contributed by atoms with Crippen LogP contribution in [0.2, 0.25) is 0 Å². The second-order valence-electron chi connectivity index (χ2n) is 3.55. The smallest absolute Gasteiger partial charge is 0.347 e. The summed E-state index contributed by atoms with van der Waals surface area (Å²) < 4.78 is 8.00. The first kappa shape index (κ1) is 11.8. The van der Waals surface area contributed by atoms with Crippen LogP contribution >= 0.6 is 0 Å². The van der Waals surface area contributed by atoms with E-state index in [0.717, 1.165) is 0 Å². The topological polar surface area (TPSA) is 177 Å². The van der Waals surface area contributed by atoms with E-state index in [9.17, 15) is 20.1 Å². The zero-order chi connectivity index (χ0) is 12.6. The SMILES string of the molecule is O=C1C(O)(O)OC2OC(O)(O)C(O)(O)C12O. The molecule has 0 radical (unpaired) electrons. The van der Waals surface area contributed by atoms with Crippen molar-refractivity contribution in [3.63, 3.8) is 0 Å². The van der Waals surface area contributed by atoms with Crippen molar-refractivity contribution >= 4 is 5.78 Å². The van der Waals surface area contributed by atoms with E-state index in [2.05, 4.69) is 9.47 Å². The summed E-state index contributed by atoms with van der Waals surface area (Å²) in [6.45, 7) is 0. The number of ketones is 1. The summed E-state index contributed by atoms with van der Waals surface area (Å²) in [5, 5.41) is 63.7. The van der Waals surface area contributed by atoms with Gasteiger partial charge >= 0.3 is 11.9 Å². The fraction of sp³-hybridized carbons (Fsp3) is 0.833. The molecule has 0 amide bonds. The van der Waals surface area contributed by atoms with E-state index in [1.165, 1.54) is 0 Å². The average molecular weight is 240 g/mol. The van der Waals surface area contributed by atoms with Crippen LogP contribution in [-0.4, -0.2) is 71.2 Å². The van der Waals surface area contributed by atoms with E-state index < -0.39 is 35.4 Å². The Kier molecular flexibility index (Phi) is 1.90. The molecule has 2 atom stereocenters. The van der Waals surface area contributed by atoms with Crippen molar-refractivity contribution in [1.82, 2.24) is 0 Å². The highest BCUT2D eigenvalue weighted by Gasteiger charge is 2.84. The molecule has 0 aromatic carbocycles. The van der Waals surface area contributed by atoms with Gasteiger partial charge in [-0.2, -0.15) is 0 Å². The maximum absolute atomic E-state index is 11.2. The number of Topliss-reactive ketones (excluding diaryl/α,β-unsaturated/α-hetero) is 1. The Hall–Kier alpha value is -0.690. The van der Waals surface area contributed by atoms with Crippen molar-refractivity contribution in [2.45, 2.75) is 29.6 Å². The molecule has 2 saturated heterocycles. The summed E-state index contributed by atoms with van der Waals surface area (Å²) in [5.41, 5.74) is -3.44. The maximum atomic E-state index is 11.2. The molecule has 2 aliphatic heterocycles. The highest BCUT2D eigenvalue weighted by atomic mass is 16.9. The van der Waals surface area contributed by atoms with Gasteiger partial charge in [0, 0.05) is 0 Å². The molecule has 7 N–H and O–H groups in total. The van der Waals surface area contributed by atoms with Gasteiger partial charge in [0.1, 0.15) is 0 Å². The fourth-order valence-corrected chi connectivity index (χ4v) is 1.55. The lowest BCUT2D eigenvalue weighted by Gasteiger charge is -2.32. The van der Waals surface area contributed by atoms with Gasteiger partial charge in [0.2, 0.25) is 11.9 Å². The second kappa shape index (κ2) is 2.59. The molecule has 2 aliphatic rings. The fourth-order valence-electron chi connectivity index (χ4n) is 1.55. The molecule has 2 heterocycles. The third-order valence-corrected chi connectivity index (χ3v) is 2.51.